The molecule has 2 N–H and O–H groups in total. The summed E-state index contributed by atoms with van der Waals surface area (Å²) in [5.41, 5.74) is 3.63. The predicted molar refractivity (Wildman–Crippen MR) is 116 cm³/mol. The van der Waals surface area contributed by atoms with Gasteiger partial charge in [0, 0.05) is 37.7 Å². The minimum absolute atomic E-state index is 0.280. The first-order valence-electron chi connectivity index (χ1n) is 9.37. The van der Waals surface area contributed by atoms with Crippen molar-refractivity contribution in [1.29, 1.82) is 0 Å². The van der Waals surface area contributed by atoms with E-state index in [0.29, 0.717) is 18.7 Å². The average Bonchev–Trinajstić information content (AvgIpc) is 3.10. The Kier molecular flexibility index (Phi) is 6.24. The van der Waals surface area contributed by atoms with Gasteiger partial charge in [-0.15, -0.1) is 0 Å². The molecule has 0 bridgehead atoms. The molecule has 154 valence electrons. The summed E-state index contributed by atoms with van der Waals surface area (Å²) in [6.45, 7) is 2.06. The van der Waals surface area contributed by atoms with E-state index in [0.717, 1.165) is 30.6 Å². The van der Waals surface area contributed by atoms with Crippen molar-refractivity contribution >= 4 is 32.7 Å². The molecule has 0 aliphatic rings. The minimum atomic E-state index is -3.80. The largest absolute Gasteiger partial charge is 0.361 e. The SMILES string of the molecule is Cc1ccc(N(CC(=O)NCCc2c[nH]c3ccccc23)S(=O)(=O)N(C)C)cc1. The van der Waals surface area contributed by atoms with Crippen molar-refractivity contribution in [2.45, 2.75) is 13.3 Å². The van der Waals surface area contributed by atoms with Gasteiger partial charge in [0.25, 0.3) is 0 Å². The van der Waals surface area contributed by atoms with Crippen LogP contribution in [0.15, 0.2) is 54.7 Å². The van der Waals surface area contributed by atoms with Crippen molar-refractivity contribution in [3.8, 4) is 0 Å². The zero-order valence-corrected chi connectivity index (χ0v) is 17.7. The lowest BCUT2D eigenvalue weighted by atomic mass is 10.1. The van der Waals surface area contributed by atoms with E-state index in [1.54, 1.807) is 12.1 Å². The molecule has 0 saturated carbocycles. The second-order valence-corrected chi connectivity index (χ2v) is 9.16. The van der Waals surface area contributed by atoms with Gasteiger partial charge in [-0.2, -0.15) is 12.7 Å². The van der Waals surface area contributed by atoms with Crippen LogP contribution in [0.1, 0.15) is 11.1 Å². The summed E-state index contributed by atoms with van der Waals surface area (Å²) in [6.07, 6.45) is 2.59. The second-order valence-electron chi connectivity index (χ2n) is 7.09. The Bertz CT molecular complexity index is 1090. The number of anilines is 1. The van der Waals surface area contributed by atoms with Gasteiger partial charge in [-0.3, -0.25) is 4.79 Å². The summed E-state index contributed by atoms with van der Waals surface area (Å²) in [4.78, 5) is 15.7. The third-order valence-corrected chi connectivity index (χ3v) is 6.56. The van der Waals surface area contributed by atoms with Crippen LogP contribution in [0.3, 0.4) is 0 Å². The smallest absolute Gasteiger partial charge is 0.304 e. The van der Waals surface area contributed by atoms with Crippen LogP contribution in [0.5, 0.6) is 0 Å². The van der Waals surface area contributed by atoms with E-state index in [2.05, 4.69) is 10.3 Å². The molecule has 0 unspecified atom stereocenters. The molecule has 7 nitrogen and oxygen atoms in total. The number of carbonyl (C=O) groups is 1. The maximum absolute atomic E-state index is 12.7. The Morgan fingerprint density at radius 1 is 1.07 bits per heavy atom. The van der Waals surface area contributed by atoms with E-state index in [9.17, 15) is 13.2 Å². The summed E-state index contributed by atoms with van der Waals surface area (Å²) in [5, 5.41) is 3.95. The fourth-order valence-corrected chi connectivity index (χ4v) is 4.14. The Labute approximate surface area is 171 Å². The number of nitrogens with zero attached hydrogens (tertiary/aromatic N) is 2. The number of amides is 1. The first kappa shape index (κ1) is 20.9. The average molecular weight is 415 g/mol. The molecule has 3 rings (SSSR count). The molecule has 3 aromatic rings. The van der Waals surface area contributed by atoms with Crippen molar-refractivity contribution in [3.63, 3.8) is 0 Å². The van der Waals surface area contributed by atoms with Gasteiger partial charge in [0.05, 0.1) is 5.69 Å². The van der Waals surface area contributed by atoms with Crippen LogP contribution in [0, 0.1) is 6.92 Å². The van der Waals surface area contributed by atoms with E-state index in [1.807, 2.05) is 49.5 Å². The van der Waals surface area contributed by atoms with Gasteiger partial charge in [-0.05, 0) is 37.1 Å². The van der Waals surface area contributed by atoms with Crippen LogP contribution in [-0.4, -0.2) is 50.8 Å². The van der Waals surface area contributed by atoms with Gasteiger partial charge < -0.3 is 10.3 Å². The highest BCUT2D eigenvalue weighted by Crippen LogP contribution is 2.20. The van der Waals surface area contributed by atoms with Crippen molar-refractivity contribution in [2.75, 3.05) is 31.5 Å². The fraction of sp³-hybridized carbons (Fsp3) is 0.286. The number of aryl methyl sites for hydroxylation is 1. The molecule has 2 aromatic carbocycles. The number of benzene rings is 2. The maximum atomic E-state index is 12.7. The van der Waals surface area contributed by atoms with Gasteiger partial charge in [0.1, 0.15) is 6.54 Å². The zero-order chi connectivity index (χ0) is 21.0. The van der Waals surface area contributed by atoms with E-state index < -0.39 is 10.2 Å². The summed E-state index contributed by atoms with van der Waals surface area (Å²) < 4.78 is 27.7. The number of fused-ring (bicyclic) bond motifs is 1. The lowest BCUT2D eigenvalue weighted by molar-refractivity contribution is -0.119. The molecule has 1 heterocycles. The molecule has 1 aromatic heterocycles. The number of hydrogen-bond donors (Lipinski definition) is 2. The van der Waals surface area contributed by atoms with Crippen molar-refractivity contribution in [1.82, 2.24) is 14.6 Å². The maximum Gasteiger partial charge on any atom is 0.304 e. The number of aromatic nitrogens is 1. The van der Waals surface area contributed by atoms with Gasteiger partial charge in [-0.1, -0.05) is 35.9 Å². The third kappa shape index (κ3) is 4.78. The Balaban J connectivity index is 1.67. The molecule has 8 heteroatoms. The number of para-hydroxylation sites is 1. The van der Waals surface area contributed by atoms with Crippen molar-refractivity contribution in [3.05, 3.63) is 65.9 Å². The number of aromatic amines is 1. The second kappa shape index (κ2) is 8.67. The van der Waals surface area contributed by atoms with Gasteiger partial charge in [0.15, 0.2) is 0 Å². The lowest BCUT2D eigenvalue weighted by Gasteiger charge is -2.27. The van der Waals surface area contributed by atoms with Crippen LogP contribution in [-0.2, 0) is 21.4 Å². The van der Waals surface area contributed by atoms with Crippen LogP contribution < -0.4 is 9.62 Å². The summed E-state index contributed by atoms with van der Waals surface area (Å²) in [7, 11) is -0.896. The van der Waals surface area contributed by atoms with Crippen LogP contribution in [0.25, 0.3) is 10.9 Å². The number of rotatable bonds is 8. The summed E-state index contributed by atoms with van der Waals surface area (Å²) in [6, 6.07) is 15.0. The van der Waals surface area contributed by atoms with E-state index in [4.69, 9.17) is 0 Å². The molecular weight excluding hydrogens is 388 g/mol. The third-order valence-electron chi connectivity index (χ3n) is 4.74. The number of nitrogens with one attached hydrogen (secondary N) is 2. The molecule has 0 aliphatic carbocycles. The van der Waals surface area contributed by atoms with Crippen molar-refractivity contribution < 1.29 is 13.2 Å². The highest BCUT2D eigenvalue weighted by Gasteiger charge is 2.27. The van der Waals surface area contributed by atoms with E-state index >= 15 is 0 Å². The van der Waals surface area contributed by atoms with Crippen LogP contribution >= 0.6 is 0 Å². The van der Waals surface area contributed by atoms with Crippen LogP contribution in [0.4, 0.5) is 5.69 Å². The first-order valence-corrected chi connectivity index (χ1v) is 10.8. The van der Waals surface area contributed by atoms with Crippen LogP contribution in [0.2, 0.25) is 0 Å². The quantitative estimate of drug-likeness (QED) is 0.594. The molecule has 0 fully saturated rings. The topological polar surface area (TPSA) is 85.5 Å². The monoisotopic (exact) mass is 414 g/mol. The van der Waals surface area contributed by atoms with Gasteiger partial charge in [-0.25, -0.2) is 4.31 Å². The molecule has 0 spiro atoms. The zero-order valence-electron chi connectivity index (χ0n) is 16.8. The van der Waals surface area contributed by atoms with E-state index in [1.165, 1.54) is 14.1 Å². The Morgan fingerprint density at radius 2 is 1.76 bits per heavy atom. The highest BCUT2D eigenvalue weighted by molar-refractivity contribution is 7.90. The standard InChI is InChI=1S/C21H26N4O3S/c1-16-8-10-18(11-9-16)25(29(27,28)24(2)3)15-21(26)22-13-12-17-14-23-20-7-5-4-6-19(17)20/h4-11,14,23H,12-13,15H2,1-3H3,(H,22,26). The normalized spacial score (nSPS) is 11.7. The number of H-pyrrole nitrogens is 1. The molecular formula is C21H26N4O3S. The molecule has 0 atom stereocenters. The molecule has 29 heavy (non-hydrogen) atoms. The van der Waals surface area contributed by atoms with Crippen molar-refractivity contribution in [2.24, 2.45) is 0 Å². The fourth-order valence-electron chi connectivity index (χ4n) is 3.08. The summed E-state index contributed by atoms with van der Waals surface area (Å²) >= 11 is 0. The molecule has 0 aliphatic heterocycles. The van der Waals surface area contributed by atoms with Gasteiger partial charge in [0.2, 0.25) is 5.91 Å². The van der Waals surface area contributed by atoms with Gasteiger partial charge >= 0.3 is 10.2 Å². The lowest BCUT2D eigenvalue weighted by Crippen LogP contribution is -2.46. The Morgan fingerprint density at radius 3 is 2.45 bits per heavy atom. The predicted octanol–water partition coefficient (Wildman–Crippen LogP) is 2.45. The summed E-state index contributed by atoms with van der Waals surface area (Å²) in [5.74, 6) is -0.351. The molecule has 0 radical (unpaired) electrons. The minimum Gasteiger partial charge on any atom is -0.361 e. The number of carbonyl (C=O) groups excluding carboxylic acids is 1. The molecule has 0 saturated heterocycles. The van der Waals surface area contributed by atoms with E-state index in [-0.39, 0.29) is 12.5 Å². The highest BCUT2D eigenvalue weighted by atomic mass is 32.2. The Hall–Kier alpha value is -2.84. The number of hydrogen-bond acceptors (Lipinski definition) is 3. The first-order chi connectivity index (χ1) is 13.8. The molecule has 1 amide bonds.